The SMILES string of the molecule is CCCCC/C=C/CC/C=C/C(O)C(COC1OC(CO)C(OC2OC(CO)C(OC3OC(CO)C(O)C(O)C3O)C(O)C2O)C(O)C1O)NC(=O)CCCCCCCCCCCCCCCCCCCCCCCCC/C=C\CCCCCCCCCC. The van der Waals surface area contributed by atoms with Crippen LogP contribution in [0.4, 0.5) is 0 Å². The van der Waals surface area contributed by atoms with Gasteiger partial charge in [-0.1, -0.05) is 243 Å². The number of hydrogen-bond donors (Lipinski definition) is 12. The Morgan fingerprint density at radius 1 is 0.393 bits per heavy atom. The van der Waals surface area contributed by atoms with E-state index in [9.17, 15) is 61.0 Å². The molecule has 3 saturated heterocycles. The van der Waals surface area contributed by atoms with Crippen LogP contribution in [0.25, 0.3) is 0 Å². The fraction of sp³-hybridized carbons (Fsp3) is 0.900. The highest BCUT2D eigenvalue weighted by molar-refractivity contribution is 5.76. The molecule has 3 aliphatic heterocycles. The molecule has 3 rings (SSSR count). The lowest BCUT2D eigenvalue weighted by Gasteiger charge is -2.48. The Labute approximate surface area is 536 Å². The predicted octanol–water partition coefficient (Wildman–Crippen LogP) is 9.61. The second-order valence-electron chi connectivity index (χ2n) is 25.7. The largest absolute Gasteiger partial charge is 0.394 e. The second-order valence-corrected chi connectivity index (χ2v) is 25.7. The lowest BCUT2D eigenvalue weighted by Crippen LogP contribution is -2.66. The molecule has 0 aromatic rings. The van der Waals surface area contributed by atoms with Crippen LogP contribution in [0.15, 0.2) is 36.5 Å². The molecule has 19 nitrogen and oxygen atoms in total. The zero-order valence-electron chi connectivity index (χ0n) is 55.2. The van der Waals surface area contributed by atoms with Crippen molar-refractivity contribution >= 4 is 5.91 Å². The van der Waals surface area contributed by atoms with E-state index >= 15 is 0 Å². The van der Waals surface area contributed by atoms with Crippen molar-refractivity contribution in [1.82, 2.24) is 5.32 Å². The highest BCUT2D eigenvalue weighted by Gasteiger charge is 2.53. The third-order valence-corrected chi connectivity index (χ3v) is 17.9. The molecule has 3 heterocycles. The maximum atomic E-state index is 13.3. The zero-order chi connectivity index (χ0) is 64.7. The van der Waals surface area contributed by atoms with Crippen molar-refractivity contribution < 1.29 is 89.4 Å². The molecule has 1 amide bonds. The van der Waals surface area contributed by atoms with Gasteiger partial charge in [0.05, 0.1) is 38.6 Å². The van der Waals surface area contributed by atoms with E-state index in [-0.39, 0.29) is 18.9 Å². The minimum Gasteiger partial charge on any atom is -0.394 e. The molecule has 89 heavy (non-hydrogen) atoms. The molecule has 0 aromatic heterocycles. The normalized spacial score (nSPS) is 28.4. The van der Waals surface area contributed by atoms with Gasteiger partial charge in [-0.2, -0.15) is 0 Å². The Hall–Kier alpha value is -1.99. The molecule has 0 spiro atoms. The number of nitrogens with one attached hydrogen (secondary N) is 1. The molecule has 0 radical (unpaired) electrons. The summed E-state index contributed by atoms with van der Waals surface area (Å²) in [5.41, 5.74) is 0. The first kappa shape index (κ1) is 81.2. The molecule has 3 fully saturated rings. The Morgan fingerprint density at radius 3 is 1.15 bits per heavy atom. The molecule has 19 heteroatoms. The number of aliphatic hydroxyl groups excluding tert-OH is 11. The van der Waals surface area contributed by atoms with Crippen molar-refractivity contribution in [1.29, 1.82) is 0 Å². The first-order valence-corrected chi connectivity index (χ1v) is 35.7. The van der Waals surface area contributed by atoms with Gasteiger partial charge in [0.15, 0.2) is 18.9 Å². The van der Waals surface area contributed by atoms with E-state index in [1.165, 1.54) is 193 Å². The summed E-state index contributed by atoms with van der Waals surface area (Å²) in [4.78, 5) is 13.3. The summed E-state index contributed by atoms with van der Waals surface area (Å²) >= 11 is 0. The molecule has 17 unspecified atom stereocenters. The third-order valence-electron chi connectivity index (χ3n) is 17.9. The minimum absolute atomic E-state index is 0.238. The highest BCUT2D eigenvalue weighted by Crippen LogP contribution is 2.33. The molecule has 17 atom stereocenters. The van der Waals surface area contributed by atoms with E-state index < -0.39 is 124 Å². The van der Waals surface area contributed by atoms with E-state index in [4.69, 9.17) is 28.4 Å². The number of unbranched alkanes of at least 4 members (excludes halogenated alkanes) is 35. The van der Waals surface area contributed by atoms with Crippen LogP contribution < -0.4 is 5.32 Å². The summed E-state index contributed by atoms with van der Waals surface area (Å²) in [6.07, 6.45) is 34.8. The molecule has 0 bridgehead atoms. The summed E-state index contributed by atoms with van der Waals surface area (Å²) in [6, 6.07) is -0.986. The Bertz CT molecular complexity index is 1760. The fourth-order valence-electron chi connectivity index (χ4n) is 12.1. The van der Waals surface area contributed by atoms with Gasteiger partial charge in [-0.25, -0.2) is 0 Å². The number of ether oxygens (including phenoxy) is 6. The monoisotopic (exact) mass is 1270 g/mol. The van der Waals surface area contributed by atoms with Gasteiger partial charge < -0.3 is 89.9 Å². The number of aliphatic hydroxyl groups is 11. The van der Waals surface area contributed by atoms with E-state index in [0.29, 0.717) is 12.8 Å². The molecule has 3 aliphatic rings. The second kappa shape index (κ2) is 52.3. The zero-order valence-corrected chi connectivity index (χ0v) is 55.2. The van der Waals surface area contributed by atoms with Crippen LogP contribution in [0.3, 0.4) is 0 Å². The van der Waals surface area contributed by atoms with Crippen LogP contribution in [0, 0.1) is 0 Å². The third kappa shape index (κ3) is 34.3. The van der Waals surface area contributed by atoms with Crippen LogP contribution in [0.2, 0.25) is 0 Å². The minimum atomic E-state index is -1.98. The van der Waals surface area contributed by atoms with E-state index in [1.807, 2.05) is 6.08 Å². The van der Waals surface area contributed by atoms with Crippen LogP contribution >= 0.6 is 0 Å². The quantitative estimate of drug-likeness (QED) is 0.0199. The molecule has 0 aromatic carbocycles. The van der Waals surface area contributed by atoms with Gasteiger partial charge in [-0.3, -0.25) is 4.79 Å². The number of amides is 1. The smallest absolute Gasteiger partial charge is 0.220 e. The van der Waals surface area contributed by atoms with Crippen LogP contribution in [0.1, 0.15) is 271 Å². The number of rotatable bonds is 55. The molecule has 522 valence electrons. The Morgan fingerprint density at radius 2 is 0.719 bits per heavy atom. The molecule has 0 saturated carbocycles. The van der Waals surface area contributed by atoms with Gasteiger partial charge in [-0.15, -0.1) is 0 Å². The fourth-order valence-corrected chi connectivity index (χ4v) is 12.1. The van der Waals surface area contributed by atoms with E-state index in [1.54, 1.807) is 6.08 Å². The van der Waals surface area contributed by atoms with Crippen LogP contribution in [0.5, 0.6) is 0 Å². The number of hydrogen-bond acceptors (Lipinski definition) is 18. The van der Waals surface area contributed by atoms with Crippen LogP contribution in [-0.4, -0.2) is 193 Å². The summed E-state index contributed by atoms with van der Waals surface area (Å²) < 4.78 is 34.2. The van der Waals surface area contributed by atoms with Crippen molar-refractivity contribution in [3.63, 3.8) is 0 Å². The molecule has 12 N–H and O–H groups in total. The van der Waals surface area contributed by atoms with Gasteiger partial charge in [0.1, 0.15) is 73.2 Å². The van der Waals surface area contributed by atoms with Crippen molar-refractivity contribution in [2.24, 2.45) is 0 Å². The van der Waals surface area contributed by atoms with Crippen molar-refractivity contribution in [2.45, 2.75) is 375 Å². The van der Waals surface area contributed by atoms with E-state index in [2.05, 4.69) is 43.5 Å². The topological polar surface area (TPSA) is 307 Å². The van der Waals surface area contributed by atoms with Gasteiger partial charge in [0, 0.05) is 6.42 Å². The summed E-state index contributed by atoms with van der Waals surface area (Å²) in [5, 5.41) is 120. The Kier molecular flexibility index (Phi) is 47.7. The average molecular weight is 1270 g/mol. The van der Waals surface area contributed by atoms with Gasteiger partial charge >= 0.3 is 0 Å². The standard InChI is InChI=1S/C70H129NO18/c1-3-5-7-9-11-13-14-15-16-17-18-19-20-21-22-23-24-25-26-27-28-29-30-31-32-33-34-35-36-37-38-40-42-44-46-48-58(76)71-53(54(75)47-45-43-41-39-12-10-8-6-4-2)52-84-68-64(82)61(79)66(56(50-73)86-68)89-70-65(83)62(80)67(57(51-74)87-70)88-69-63(81)60(78)59(77)55(49-72)85-69/h12,17-18,39,45,47,53-57,59-70,72-75,77-83H,3-11,13-16,19-38,40-44,46,48-52H2,1-2H3,(H,71,76)/b18-17-,39-12+,47-45+. The number of carbonyl (C=O) groups excluding carboxylic acids is 1. The summed E-state index contributed by atoms with van der Waals surface area (Å²) in [7, 11) is 0. The number of allylic oxidation sites excluding steroid dienone is 5. The van der Waals surface area contributed by atoms with E-state index in [0.717, 1.165) is 44.9 Å². The van der Waals surface area contributed by atoms with Gasteiger partial charge in [0.2, 0.25) is 5.91 Å². The maximum Gasteiger partial charge on any atom is 0.220 e. The first-order valence-electron chi connectivity index (χ1n) is 35.7. The maximum absolute atomic E-state index is 13.3. The molecular weight excluding hydrogens is 1140 g/mol. The molecule has 0 aliphatic carbocycles. The van der Waals surface area contributed by atoms with Crippen molar-refractivity contribution in [3.8, 4) is 0 Å². The predicted molar refractivity (Wildman–Crippen MR) is 346 cm³/mol. The van der Waals surface area contributed by atoms with Gasteiger partial charge in [0.25, 0.3) is 0 Å². The van der Waals surface area contributed by atoms with Gasteiger partial charge in [-0.05, 0) is 57.8 Å². The lowest BCUT2D eigenvalue weighted by molar-refractivity contribution is -0.379. The average Bonchev–Trinajstić information content (AvgIpc) is 1.06. The summed E-state index contributed by atoms with van der Waals surface area (Å²) in [5.74, 6) is -0.284. The lowest BCUT2D eigenvalue weighted by atomic mass is 9.96. The first-order chi connectivity index (χ1) is 43.3. The van der Waals surface area contributed by atoms with Crippen molar-refractivity contribution in [3.05, 3.63) is 36.5 Å². The number of carbonyl (C=O) groups is 1. The molecular formula is C70H129NO18. The summed E-state index contributed by atoms with van der Waals surface area (Å²) in [6.45, 7) is 1.66. The highest BCUT2D eigenvalue weighted by atomic mass is 16.8. The van der Waals surface area contributed by atoms with Crippen molar-refractivity contribution in [2.75, 3.05) is 26.4 Å². The Balaban J connectivity index is 1.29. The van der Waals surface area contributed by atoms with Crippen LogP contribution in [-0.2, 0) is 33.2 Å².